The lowest BCUT2D eigenvalue weighted by atomic mass is 10.1. The molecule has 1 fully saturated rings. The number of hydrogen-bond acceptors (Lipinski definition) is 2. The van der Waals surface area contributed by atoms with E-state index in [0.717, 1.165) is 18.7 Å². The number of ether oxygens (including phenoxy) is 1. The fourth-order valence-electron chi connectivity index (χ4n) is 1.64. The van der Waals surface area contributed by atoms with Gasteiger partial charge in [-0.15, -0.1) is 0 Å². The molecule has 0 bridgehead atoms. The molecule has 4 heteroatoms. The van der Waals surface area contributed by atoms with Gasteiger partial charge in [-0.25, -0.2) is 8.78 Å². The average Bonchev–Trinajstić information content (AvgIpc) is 3.11. The molecule has 0 amide bonds. The fourth-order valence-corrected chi connectivity index (χ4v) is 1.64. The van der Waals surface area contributed by atoms with Crippen molar-refractivity contribution in [3.05, 3.63) is 35.4 Å². The topological polar surface area (TPSA) is 21.3 Å². The highest BCUT2D eigenvalue weighted by Gasteiger charge is 2.19. The lowest BCUT2D eigenvalue weighted by Crippen LogP contribution is -2.22. The molecule has 0 spiro atoms. The molecule has 2 rings (SSSR count). The van der Waals surface area contributed by atoms with Crippen molar-refractivity contribution < 1.29 is 13.5 Å². The average molecular weight is 241 g/mol. The van der Waals surface area contributed by atoms with Crippen LogP contribution in [0, 0.1) is 11.6 Å². The number of rotatable bonds is 7. The van der Waals surface area contributed by atoms with Crippen LogP contribution in [0.1, 0.15) is 18.4 Å². The summed E-state index contributed by atoms with van der Waals surface area (Å²) >= 11 is 0. The molecule has 0 atom stereocenters. The number of benzene rings is 1. The summed E-state index contributed by atoms with van der Waals surface area (Å²) in [7, 11) is 0. The molecule has 1 N–H and O–H groups in total. The predicted molar refractivity (Wildman–Crippen MR) is 61.9 cm³/mol. The SMILES string of the molecule is Fc1ccc(F)c(CCOCCNC2CC2)c1. The molecule has 1 aromatic carbocycles. The molecule has 1 saturated carbocycles. The minimum atomic E-state index is -0.406. The third kappa shape index (κ3) is 4.40. The molecule has 0 aliphatic heterocycles. The van der Waals surface area contributed by atoms with Crippen LogP contribution in [0.5, 0.6) is 0 Å². The monoisotopic (exact) mass is 241 g/mol. The standard InChI is InChI=1S/C13H17F2NO/c14-11-1-4-13(15)10(9-11)5-7-17-8-6-16-12-2-3-12/h1,4,9,12,16H,2-3,5-8H2. The lowest BCUT2D eigenvalue weighted by Gasteiger charge is -2.06. The first-order chi connectivity index (χ1) is 8.25. The van der Waals surface area contributed by atoms with Gasteiger partial charge in [-0.3, -0.25) is 0 Å². The van der Waals surface area contributed by atoms with Gasteiger partial charge in [-0.05, 0) is 43.0 Å². The fraction of sp³-hybridized carbons (Fsp3) is 0.538. The van der Waals surface area contributed by atoms with Crippen molar-refractivity contribution in [2.75, 3.05) is 19.8 Å². The maximum absolute atomic E-state index is 13.2. The first-order valence-corrected chi connectivity index (χ1v) is 6.01. The van der Waals surface area contributed by atoms with Crippen molar-refractivity contribution in [1.82, 2.24) is 5.32 Å². The number of halogens is 2. The quantitative estimate of drug-likeness (QED) is 0.739. The van der Waals surface area contributed by atoms with Crippen LogP contribution in [0.15, 0.2) is 18.2 Å². The molecule has 1 aliphatic rings. The zero-order valence-corrected chi connectivity index (χ0v) is 9.72. The van der Waals surface area contributed by atoms with E-state index in [1.807, 2.05) is 0 Å². The van der Waals surface area contributed by atoms with Gasteiger partial charge in [0, 0.05) is 12.6 Å². The molecule has 1 aromatic rings. The Morgan fingerprint density at radius 2 is 2.06 bits per heavy atom. The zero-order chi connectivity index (χ0) is 12.1. The van der Waals surface area contributed by atoms with E-state index in [4.69, 9.17) is 4.74 Å². The van der Waals surface area contributed by atoms with Crippen molar-refractivity contribution in [1.29, 1.82) is 0 Å². The molecule has 94 valence electrons. The maximum atomic E-state index is 13.2. The molecular formula is C13H17F2NO. The second-order valence-corrected chi connectivity index (χ2v) is 4.33. The van der Waals surface area contributed by atoms with Crippen LogP contribution >= 0.6 is 0 Å². The summed E-state index contributed by atoms with van der Waals surface area (Å²) in [6, 6.07) is 4.18. The molecule has 0 heterocycles. The Kier molecular flexibility index (Phi) is 4.45. The van der Waals surface area contributed by atoms with E-state index in [1.54, 1.807) is 0 Å². The van der Waals surface area contributed by atoms with Gasteiger partial charge in [-0.2, -0.15) is 0 Å². The summed E-state index contributed by atoms with van der Waals surface area (Å²) in [6.07, 6.45) is 2.93. The summed E-state index contributed by atoms with van der Waals surface area (Å²) in [5.74, 6) is -0.775. The molecule has 0 aromatic heterocycles. The molecule has 0 unspecified atom stereocenters. The van der Waals surface area contributed by atoms with Crippen LogP contribution in [-0.4, -0.2) is 25.8 Å². The van der Waals surface area contributed by atoms with E-state index < -0.39 is 5.82 Å². The van der Waals surface area contributed by atoms with Gasteiger partial charge in [0.1, 0.15) is 11.6 Å². The van der Waals surface area contributed by atoms with E-state index in [2.05, 4.69) is 5.32 Å². The predicted octanol–water partition coefficient (Wildman–Crippen LogP) is 2.28. The van der Waals surface area contributed by atoms with E-state index in [0.29, 0.717) is 31.2 Å². The van der Waals surface area contributed by atoms with Crippen LogP contribution < -0.4 is 5.32 Å². The van der Waals surface area contributed by atoms with Gasteiger partial charge in [0.2, 0.25) is 0 Å². The highest BCUT2D eigenvalue weighted by atomic mass is 19.1. The third-order valence-corrected chi connectivity index (χ3v) is 2.78. The Hall–Kier alpha value is -1.00. The van der Waals surface area contributed by atoms with Crippen molar-refractivity contribution in [2.45, 2.75) is 25.3 Å². The maximum Gasteiger partial charge on any atom is 0.126 e. The van der Waals surface area contributed by atoms with E-state index >= 15 is 0 Å². The first-order valence-electron chi connectivity index (χ1n) is 6.01. The Morgan fingerprint density at radius 3 is 2.82 bits per heavy atom. The lowest BCUT2D eigenvalue weighted by molar-refractivity contribution is 0.138. The molecule has 1 aliphatic carbocycles. The van der Waals surface area contributed by atoms with Crippen LogP contribution in [0.3, 0.4) is 0 Å². The van der Waals surface area contributed by atoms with E-state index in [-0.39, 0.29) is 5.82 Å². The highest BCUT2D eigenvalue weighted by molar-refractivity contribution is 5.18. The number of nitrogens with one attached hydrogen (secondary N) is 1. The summed E-state index contributed by atoms with van der Waals surface area (Å²) in [5, 5.41) is 3.32. The molecule has 0 radical (unpaired) electrons. The minimum Gasteiger partial charge on any atom is -0.380 e. The second-order valence-electron chi connectivity index (χ2n) is 4.33. The number of hydrogen-bond donors (Lipinski definition) is 1. The molecule has 17 heavy (non-hydrogen) atoms. The van der Waals surface area contributed by atoms with Gasteiger partial charge in [0.05, 0.1) is 13.2 Å². The highest BCUT2D eigenvalue weighted by Crippen LogP contribution is 2.17. The van der Waals surface area contributed by atoms with Gasteiger partial charge in [0.25, 0.3) is 0 Å². The molecular weight excluding hydrogens is 224 g/mol. The van der Waals surface area contributed by atoms with E-state index in [9.17, 15) is 8.78 Å². The van der Waals surface area contributed by atoms with Gasteiger partial charge in [0.15, 0.2) is 0 Å². The first kappa shape index (κ1) is 12.5. The summed E-state index contributed by atoms with van der Waals surface area (Å²) in [6.45, 7) is 1.87. The Morgan fingerprint density at radius 1 is 1.24 bits per heavy atom. The van der Waals surface area contributed by atoms with Crippen LogP contribution in [0.25, 0.3) is 0 Å². The largest absolute Gasteiger partial charge is 0.380 e. The summed E-state index contributed by atoms with van der Waals surface area (Å²) in [4.78, 5) is 0. The minimum absolute atomic E-state index is 0.369. The van der Waals surface area contributed by atoms with Crippen LogP contribution in [-0.2, 0) is 11.2 Å². The van der Waals surface area contributed by atoms with Crippen molar-refractivity contribution in [3.8, 4) is 0 Å². The Balaban J connectivity index is 1.61. The molecule has 0 saturated heterocycles. The van der Waals surface area contributed by atoms with Crippen molar-refractivity contribution in [2.24, 2.45) is 0 Å². The summed E-state index contributed by atoms with van der Waals surface area (Å²) < 4.78 is 31.4. The third-order valence-electron chi connectivity index (χ3n) is 2.78. The zero-order valence-electron chi connectivity index (χ0n) is 9.72. The van der Waals surface area contributed by atoms with E-state index in [1.165, 1.54) is 18.9 Å². The van der Waals surface area contributed by atoms with Gasteiger partial charge < -0.3 is 10.1 Å². The molecule has 2 nitrogen and oxygen atoms in total. The van der Waals surface area contributed by atoms with Gasteiger partial charge >= 0.3 is 0 Å². The van der Waals surface area contributed by atoms with Crippen LogP contribution in [0.4, 0.5) is 8.78 Å². The van der Waals surface area contributed by atoms with Crippen molar-refractivity contribution >= 4 is 0 Å². The van der Waals surface area contributed by atoms with Crippen molar-refractivity contribution in [3.63, 3.8) is 0 Å². The van der Waals surface area contributed by atoms with Gasteiger partial charge in [-0.1, -0.05) is 0 Å². The Labute approximate surface area is 100.0 Å². The second kappa shape index (κ2) is 6.07. The van der Waals surface area contributed by atoms with Crippen LogP contribution in [0.2, 0.25) is 0 Å². The Bertz CT molecular complexity index is 366. The summed E-state index contributed by atoms with van der Waals surface area (Å²) in [5.41, 5.74) is 0.375. The smallest absolute Gasteiger partial charge is 0.126 e. The normalized spacial score (nSPS) is 15.2.